The summed E-state index contributed by atoms with van der Waals surface area (Å²) in [4.78, 5) is 0.395. The maximum atomic E-state index is 11.6. The Labute approximate surface area is 97.6 Å². The normalized spacial score (nSPS) is 14.1. The van der Waals surface area contributed by atoms with E-state index in [4.69, 9.17) is 5.73 Å². The SMILES string of the molecule is CC(C)C(N)Cc1ccccc1S(C)(=O)=O. The fourth-order valence-electron chi connectivity index (χ4n) is 1.52. The molecule has 0 aliphatic heterocycles. The first-order valence-electron chi connectivity index (χ1n) is 5.36. The van der Waals surface area contributed by atoms with E-state index in [-0.39, 0.29) is 6.04 Å². The summed E-state index contributed by atoms with van der Waals surface area (Å²) >= 11 is 0. The lowest BCUT2D eigenvalue weighted by Crippen LogP contribution is -2.29. The zero-order valence-corrected chi connectivity index (χ0v) is 10.8. The van der Waals surface area contributed by atoms with Crippen molar-refractivity contribution in [3.63, 3.8) is 0 Å². The Kier molecular flexibility index (Phi) is 4.10. The van der Waals surface area contributed by atoms with Crippen LogP contribution in [0.25, 0.3) is 0 Å². The number of hydrogen-bond acceptors (Lipinski definition) is 3. The first-order valence-corrected chi connectivity index (χ1v) is 7.25. The van der Waals surface area contributed by atoms with E-state index in [1.165, 1.54) is 6.26 Å². The maximum Gasteiger partial charge on any atom is 0.175 e. The molecule has 1 aromatic rings. The van der Waals surface area contributed by atoms with Gasteiger partial charge >= 0.3 is 0 Å². The zero-order chi connectivity index (χ0) is 12.3. The van der Waals surface area contributed by atoms with Crippen LogP contribution in [-0.2, 0) is 16.3 Å². The van der Waals surface area contributed by atoms with E-state index in [0.29, 0.717) is 17.2 Å². The lowest BCUT2D eigenvalue weighted by atomic mass is 9.97. The Morgan fingerprint density at radius 2 is 1.81 bits per heavy atom. The average Bonchev–Trinajstić information content (AvgIpc) is 2.16. The molecule has 1 unspecified atom stereocenters. The van der Waals surface area contributed by atoms with Gasteiger partial charge < -0.3 is 5.73 Å². The predicted octanol–water partition coefficient (Wildman–Crippen LogP) is 1.62. The summed E-state index contributed by atoms with van der Waals surface area (Å²) in [6, 6.07) is 7.04. The summed E-state index contributed by atoms with van der Waals surface area (Å²) in [6.45, 7) is 4.07. The number of sulfone groups is 1. The minimum Gasteiger partial charge on any atom is -0.327 e. The van der Waals surface area contributed by atoms with Crippen LogP contribution < -0.4 is 5.73 Å². The van der Waals surface area contributed by atoms with Gasteiger partial charge in [-0.1, -0.05) is 32.0 Å². The lowest BCUT2D eigenvalue weighted by molar-refractivity contribution is 0.487. The van der Waals surface area contributed by atoms with Gasteiger partial charge in [0.25, 0.3) is 0 Å². The topological polar surface area (TPSA) is 60.2 Å². The Morgan fingerprint density at radius 3 is 2.31 bits per heavy atom. The van der Waals surface area contributed by atoms with E-state index in [1.807, 2.05) is 26.0 Å². The van der Waals surface area contributed by atoms with Crippen LogP contribution in [0.2, 0.25) is 0 Å². The number of benzene rings is 1. The molecular weight excluding hydrogens is 222 g/mol. The van der Waals surface area contributed by atoms with Crippen LogP contribution in [0.3, 0.4) is 0 Å². The third kappa shape index (κ3) is 3.32. The molecule has 0 saturated carbocycles. The molecule has 0 aromatic heterocycles. The lowest BCUT2D eigenvalue weighted by Gasteiger charge is -2.17. The highest BCUT2D eigenvalue weighted by atomic mass is 32.2. The molecule has 1 atom stereocenters. The van der Waals surface area contributed by atoms with Crippen LogP contribution in [0, 0.1) is 5.92 Å². The van der Waals surface area contributed by atoms with Gasteiger partial charge in [0.15, 0.2) is 9.84 Å². The summed E-state index contributed by atoms with van der Waals surface area (Å²) in [6.07, 6.45) is 1.83. The van der Waals surface area contributed by atoms with Gasteiger partial charge in [-0.3, -0.25) is 0 Å². The Morgan fingerprint density at radius 1 is 1.25 bits per heavy atom. The zero-order valence-electron chi connectivity index (χ0n) is 9.97. The summed E-state index contributed by atoms with van der Waals surface area (Å²) in [5, 5.41) is 0. The van der Waals surface area contributed by atoms with Crippen molar-refractivity contribution in [2.45, 2.75) is 31.2 Å². The van der Waals surface area contributed by atoms with Gasteiger partial charge in [0.1, 0.15) is 0 Å². The Hall–Kier alpha value is -0.870. The van der Waals surface area contributed by atoms with Crippen LogP contribution in [-0.4, -0.2) is 20.7 Å². The van der Waals surface area contributed by atoms with E-state index in [9.17, 15) is 8.42 Å². The summed E-state index contributed by atoms with van der Waals surface area (Å²) < 4.78 is 23.1. The quantitative estimate of drug-likeness (QED) is 0.871. The van der Waals surface area contributed by atoms with Gasteiger partial charge in [-0.25, -0.2) is 8.42 Å². The summed E-state index contributed by atoms with van der Waals surface area (Å²) in [5.74, 6) is 0.340. The molecule has 0 radical (unpaired) electrons. The molecule has 0 aliphatic carbocycles. The van der Waals surface area contributed by atoms with E-state index < -0.39 is 9.84 Å². The van der Waals surface area contributed by atoms with Gasteiger partial charge in [-0.05, 0) is 24.0 Å². The van der Waals surface area contributed by atoms with E-state index in [0.717, 1.165) is 5.56 Å². The summed E-state index contributed by atoms with van der Waals surface area (Å²) in [7, 11) is -3.16. The third-order valence-electron chi connectivity index (χ3n) is 2.68. The second-order valence-electron chi connectivity index (χ2n) is 4.49. The molecule has 0 saturated heterocycles. The highest BCUT2D eigenvalue weighted by Crippen LogP contribution is 2.18. The molecule has 0 bridgehead atoms. The molecule has 0 fully saturated rings. The average molecular weight is 241 g/mol. The predicted molar refractivity (Wildman–Crippen MR) is 66.1 cm³/mol. The van der Waals surface area contributed by atoms with Gasteiger partial charge in [0.2, 0.25) is 0 Å². The van der Waals surface area contributed by atoms with Crippen LogP contribution in [0.15, 0.2) is 29.2 Å². The second-order valence-corrected chi connectivity index (χ2v) is 6.48. The Balaban J connectivity index is 3.06. The highest BCUT2D eigenvalue weighted by Gasteiger charge is 2.16. The molecule has 4 heteroatoms. The monoisotopic (exact) mass is 241 g/mol. The highest BCUT2D eigenvalue weighted by molar-refractivity contribution is 7.90. The van der Waals surface area contributed by atoms with Gasteiger partial charge in [0, 0.05) is 12.3 Å². The van der Waals surface area contributed by atoms with Crippen LogP contribution in [0.5, 0.6) is 0 Å². The van der Waals surface area contributed by atoms with E-state index in [1.54, 1.807) is 12.1 Å². The van der Waals surface area contributed by atoms with Gasteiger partial charge in [-0.15, -0.1) is 0 Å². The van der Waals surface area contributed by atoms with Crippen molar-refractivity contribution in [2.24, 2.45) is 11.7 Å². The molecule has 0 spiro atoms. The molecule has 1 rings (SSSR count). The Bertz CT molecular complexity index is 452. The minimum atomic E-state index is -3.16. The van der Waals surface area contributed by atoms with Crippen molar-refractivity contribution in [3.05, 3.63) is 29.8 Å². The fourth-order valence-corrected chi connectivity index (χ4v) is 2.48. The number of hydrogen-bond donors (Lipinski definition) is 1. The van der Waals surface area contributed by atoms with Crippen molar-refractivity contribution in [3.8, 4) is 0 Å². The molecule has 0 heterocycles. The number of nitrogens with two attached hydrogens (primary N) is 1. The minimum absolute atomic E-state index is 0.0112. The van der Waals surface area contributed by atoms with Crippen molar-refractivity contribution >= 4 is 9.84 Å². The maximum absolute atomic E-state index is 11.6. The largest absolute Gasteiger partial charge is 0.327 e. The number of rotatable bonds is 4. The molecular formula is C12H19NO2S. The first-order chi connectivity index (χ1) is 7.32. The molecule has 90 valence electrons. The van der Waals surface area contributed by atoms with Crippen molar-refractivity contribution < 1.29 is 8.42 Å². The summed E-state index contributed by atoms with van der Waals surface area (Å²) in [5.41, 5.74) is 6.78. The van der Waals surface area contributed by atoms with Gasteiger partial charge in [0.05, 0.1) is 4.90 Å². The van der Waals surface area contributed by atoms with Crippen LogP contribution in [0.1, 0.15) is 19.4 Å². The molecule has 3 nitrogen and oxygen atoms in total. The molecule has 16 heavy (non-hydrogen) atoms. The smallest absolute Gasteiger partial charge is 0.175 e. The molecule has 0 amide bonds. The molecule has 1 aromatic carbocycles. The molecule has 2 N–H and O–H groups in total. The second kappa shape index (κ2) is 4.97. The van der Waals surface area contributed by atoms with E-state index in [2.05, 4.69) is 0 Å². The molecule has 0 aliphatic rings. The van der Waals surface area contributed by atoms with Crippen molar-refractivity contribution in [1.29, 1.82) is 0 Å². The standard InChI is InChI=1S/C12H19NO2S/c1-9(2)11(13)8-10-6-4-5-7-12(10)16(3,14)15/h4-7,9,11H,8,13H2,1-3H3. The third-order valence-corrected chi connectivity index (χ3v) is 3.88. The van der Waals surface area contributed by atoms with E-state index >= 15 is 0 Å². The van der Waals surface area contributed by atoms with Crippen molar-refractivity contribution in [1.82, 2.24) is 0 Å². The van der Waals surface area contributed by atoms with Crippen LogP contribution in [0.4, 0.5) is 0 Å². The van der Waals surface area contributed by atoms with Crippen LogP contribution >= 0.6 is 0 Å². The first kappa shape index (κ1) is 13.2. The van der Waals surface area contributed by atoms with Gasteiger partial charge in [-0.2, -0.15) is 0 Å². The van der Waals surface area contributed by atoms with Crippen molar-refractivity contribution in [2.75, 3.05) is 6.26 Å². The fraction of sp³-hybridized carbons (Fsp3) is 0.500.